The van der Waals surface area contributed by atoms with Crippen LogP contribution in [-0.4, -0.2) is 22.8 Å². The van der Waals surface area contributed by atoms with Gasteiger partial charge in [-0.05, 0) is 57.3 Å². The van der Waals surface area contributed by atoms with Crippen LogP contribution in [0.25, 0.3) is 0 Å². The summed E-state index contributed by atoms with van der Waals surface area (Å²) in [5.74, 6) is 0.291. The topological polar surface area (TPSA) is 46.5 Å². The molecule has 0 spiro atoms. The van der Waals surface area contributed by atoms with E-state index in [-0.39, 0.29) is 18.0 Å². The Kier molecular flexibility index (Phi) is 7.01. The van der Waals surface area contributed by atoms with E-state index >= 15 is 0 Å². The normalized spacial score (nSPS) is 25.9. The van der Waals surface area contributed by atoms with Crippen LogP contribution in [0.5, 0.6) is 0 Å². The second-order valence-electron chi connectivity index (χ2n) is 6.38. The number of hydrogen-bond donors (Lipinski definition) is 1. The SMILES string of the molecule is CCC(C)C(=O)OC1CCCC(C(O)(CC)CC)CC1. The molecule has 1 aliphatic carbocycles. The van der Waals surface area contributed by atoms with E-state index in [0.717, 1.165) is 51.4 Å². The first-order valence-corrected chi connectivity index (χ1v) is 8.39. The maximum absolute atomic E-state index is 11.9. The molecule has 3 atom stereocenters. The second-order valence-corrected chi connectivity index (χ2v) is 6.38. The highest BCUT2D eigenvalue weighted by atomic mass is 16.5. The summed E-state index contributed by atoms with van der Waals surface area (Å²) in [6, 6.07) is 0. The maximum Gasteiger partial charge on any atom is 0.308 e. The fourth-order valence-electron chi connectivity index (χ4n) is 3.20. The molecule has 0 radical (unpaired) electrons. The number of rotatable bonds is 6. The minimum Gasteiger partial charge on any atom is -0.462 e. The van der Waals surface area contributed by atoms with E-state index in [4.69, 9.17) is 4.74 Å². The summed E-state index contributed by atoms with van der Waals surface area (Å²) in [4.78, 5) is 11.9. The summed E-state index contributed by atoms with van der Waals surface area (Å²) < 4.78 is 5.63. The first kappa shape index (κ1) is 17.5. The standard InChI is InChI=1S/C17H32O3/c1-5-13(4)16(18)20-15-10-8-9-14(11-12-15)17(19,6-2)7-3/h13-15,19H,5-12H2,1-4H3. The Balaban J connectivity index is 2.53. The Bertz CT molecular complexity index is 297. The van der Waals surface area contributed by atoms with Gasteiger partial charge in [0.2, 0.25) is 0 Å². The molecule has 1 aliphatic rings. The zero-order valence-corrected chi connectivity index (χ0v) is 13.7. The molecule has 3 heteroatoms. The van der Waals surface area contributed by atoms with Crippen molar-refractivity contribution in [2.75, 3.05) is 0 Å². The van der Waals surface area contributed by atoms with Crippen molar-refractivity contribution >= 4 is 5.97 Å². The van der Waals surface area contributed by atoms with Gasteiger partial charge < -0.3 is 9.84 Å². The van der Waals surface area contributed by atoms with E-state index in [9.17, 15) is 9.90 Å². The Morgan fingerprint density at radius 2 is 1.85 bits per heavy atom. The molecule has 0 aliphatic heterocycles. The quantitative estimate of drug-likeness (QED) is 0.590. The predicted molar refractivity (Wildman–Crippen MR) is 81.4 cm³/mol. The van der Waals surface area contributed by atoms with Crippen molar-refractivity contribution in [3.8, 4) is 0 Å². The Morgan fingerprint density at radius 3 is 2.40 bits per heavy atom. The number of ether oxygens (including phenoxy) is 1. The van der Waals surface area contributed by atoms with E-state index in [1.165, 1.54) is 0 Å². The minimum absolute atomic E-state index is 0.00253. The highest BCUT2D eigenvalue weighted by Gasteiger charge is 2.35. The lowest BCUT2D eigenvalue weighted by atomic mass is 9.78. The van der Waals surface area contributed by atoms with Gasteiger partial charge in [0.1, 0.15) is 6.10 Å². The van der Waals surface area contributed by atoms with Gasteiger partial charge in [0.05, 0.1) is 11.5 Å². The molecule has 1 fully saturated rings. The van der Waals surface area contributed by atoms with Gasteiger partial charge in [-0.15, -0.1) is 0 Å². The molecule has 118 valence electrons. The lowest BCUT2D eigenvalue weighted by Gasteiger charge is -2.34. The lowest BCUT2D eigenvalue weighted by molar-refractivity contribution is -0.154. The van der Waals surface area contributed by atoms with Gasteiger partial charge in [-0.25, -0.2) is 0 Å². The Hall–Kier alpha value is -0.570. The van der Waals surface area contributed by atoms with Crippen LogP contribution >= 0.6 is 0 Å². The molecule has 20 heavy (non-hydrogen) atoms. The molecule has 3 nitrogen and oxygen atoms in total. The molecule has 0 aromatic carbocycles. The summed E-state index contributed by atoms with van der Waals surface area (Å²) in [5.41, 5.74) is -0.532. The van der Waals surface area contributed by atoms with Crippen LogP contribution in [0.3, 0.4) is 0 Å². The highest BCUT2D eigenvalue weighted by Crippen LogP contribution is 2.36. The number of aliphatic hydroxyl groups is 1. The maximum atomic E-state index is 11.9. The first-order valence-electron chi connectivity index (χ1n) is 8.39. The van der Waals surface area contributed by atoms with E-state index < -0.39 is 5.60 Å². The molecular formula is C17H32O3. The van der Waals surface area contributed by atoms with Crippen molar-refractivity contribution < 1.29 is 14.6 Å². The van der Waals surface area contributed by atoms with Gasteiger partial charge in [-0.3, -0.25) is 4.79 Å². The molecule has 1 N–H and O–H groups in total. The Labute approximate surface area is 124 Å². The van der Waals surface area contributed by atoms with E-state index in [0.29, 0.717) is 5.92 Å². The van der Waals surface area contributed by atoms with Crippen molar-refractivity contribution in [1.29, 1.82) is 0 Å². The summed E-state index contributed by atoms with van der Waals surface area (Å²) in [5, 5.41) is 10.7. The minimum atomic E-state index is -0.532. The molecule has 1 rings (SSSR count). The van der Waals surface area contributed by atoms with Gasteiger partial charge in [0.15, 0.2) is 0 Å². The molecule has 1 saturated carbocycles. The average Bonchev–Trinajstić information content (AvgIpc) is 2.71. The average molecular weight is 284 g/mol. The van der Waals surface area contributed by atoms with Crippen LogP contribution in [0.15, 0.2) is 0 Å². The zero-order valence-electron chi connectivity index (χ0n) is 13.7. The molecular weight excluding hydrogens is 252 g/mol. The molecule has 0 heterocycles. The number of carbonyl (C=O) groups is 1. The molecule has 0 bridgehead atoms. The molecule has 3 unspecified atom stereocenters. The van der Waals surface area contributed by atoms with Crippen LogP contribution in [0, 0.1) is 11.8 Å². The summed E-state index contributed by atoms with van der Waals surface area (Å²) >= 11 is 0. The third-order valence-electron chi connectivity index (χ3n) is 5.20. The smallest absolute Gasteiger partial charge is 0.308 e. The largest absolute Gasteiger partial charge is 0.462 e. The zero-order chi connectivity index (χ0) is 15.2. The summed E-state index contributed by atoms with van der Waals surface area (Å²) in [6.07, 6.45) is 7.42. The van der Waals surface area contributed by atoms with Crippen molar-refractivity contribution in [3.63, 3.8) is 0 Å². The second kappa shape index (κ2) is 8.02. The summed E-state index contributed by atoms with van der Waals surface area (Å²) in [6.45, 7) is 8.07. The lowest BCUT2D eigenvalue weighted by Crippen LogP contribution is -2.36. The van der Waals surface area contributed by atoms with Crippen molar-refractivity contribution in [2.45, 2.75) is 90.8 Å². The molecule has 0 aromatic heterocycles. The van der Waals surface area contributed by atoms with Gasteiger partial charge in [0.25, 0.3) is 0 Å². The van der Waals surface area contributed by atoms with E-state index in [1.54, 1.807) is 0 Å². The Morgan fingerprint density at radius 1 is 1.20 bits per heavy atom. The van der Waals surface area contributed by atoms with Gasteiger partial charge in [-0.1, -0.05) is 27.7 Å². The third-order valence-corrected chi connectivity index (χ3v) is 5.20. The van der Waals surface area contributed by atoms with Crippen molar-refractivity contribution in [2.24, 2.45) is 11.8 Å². The van der Waals surface area contributed by atoms with Crippen LogP contribution in [0.4, 0.5) is 0 Å². The summed E-state index contributed by atoms with van der Waals surface area (Å²) in [7, 11) is 0. The predicted octanol–water partition coefficient (Wildman–Crippen LogP) is 4.08. The van der Waals surface area contributed by atoms with Crippen LogP contribution in [0.2, 0.25) is 0 Å². The van der Waals surface area contributed by atoms with Crippen LogP contribution in [-0.2, 0) is 9.53 Å². The van der Waals surface area contributed by atoms with Crippen LogP contribution in [0.1, 0.15) is 79.1 Å². The fraction of sp³-hybridized carbons (Fsp3) is 0.941. The molecule has 0 aromatic rings. The monoisotopic (exact) mass is 284 g/mol. The highest BCUT2D eigenvalue weighted by molar-refractivity contribution is 5.72. The van der Waals surface area contributed by atoms with E-state index in [2.05, 4.69) is 13.8 Å². The number of carbonyl (C=O) groups excluding carboxylic acids is 1. The van der Waals surface area contributed by atoms with Gasteiger partial charge in [0, 0.05) is 0 Å². The van der Waals surface area contributed by atoms with Crippen molar-refractivity contribution in [1.82, 2.24) is 0 Å². The number of hydrogen-bond acceptors (Lipinski definition) is 3. The third kappa shape index (κ3) is 4.47. The molecule has 0 amide bonds. The van der Waals surface area contributed by atoms with Crippen LogP contribution < -0.4 is 0 Å². The van der Waals surface area contributed by atoms with Crippen molar-refractivity contribution in [3.05, 3.63) is 0 Å². The first-order chi connectivity index (χ1) is 9.46. The molecule has 0 saturated heterocycles. The van der Waals surface area contributed by atoms with Gasteiger partial charge in [-0.2, -0.15) is 0 Å². The van der Waals surface area contributed by atoms with E-state index in [1.807, 2.05) is 13.8 Å². The van der Waals surface area contributed by atoms with Gasteiger partial charge >= 0.3 is 5.97 Å². The fourth-order valence-corrected chi connectivity index (χ4v) is 3.20. The number of esters is 1.